The molecule has 2 bridgehead atoms. The molecule has 0 aromatic heterocycles. The molecule has 0 unspecified atom stereocenters. The van der Waals surface area contributed by atoms with Gasteiger partial charge in [0, 0.05) is 11.6 Å². The fraction of sp³-hybridized carbons (Fsp3) is 0.409. The van der Waals surface area contributed by atoms with E-state index in [0.717, 1.165) is 35.8 Å². The van der Waals surface area contributed by atoms with Crippen LogP contribution in [0.1, 0.15) is 47.2 Å². The van der Waals surface area contributed by atoms with Crippen molar-refractivity contribution in [2.45, 2.75) is 44.6 Å². The van der Waals surface area contributed by atoms with Crippen molar-refractivity contribution >= 4 is 5.91 Å². The van der Waals surface area contributed by atoms with Crippen molar-refractivity contribution in [3.8, 4) is 0 Å². The first-order valence-corrected chi connectivity index (χ1v) is 9.22. The van der Waals surface area contributed by atoms with Gasteiger partial charge < -0.3 is 5.32 Å². The van der Waals surface area contributed by atoms with E-state index in [1.54, 1.807) is 0 Å². The third-order valence-corrected chi connectivity index (χ3v) is 5.84. The van der Waals surface area contributed by atoms with Gasteiger partial charge in [0.2, 0.25) is 0 Å². The number of carbonyl (C=O) groups is 1. The molecular formula is C22H25NO. The van der Waals surface area contributed by atoms with Gasteiger partial charge in [-0.2, -0.15) is 0 Å². The summed E-state index contributed by atoms with van der Waals surface area (Å²) in [5.41, 5.74) is 3.33. The molecule has 2 nitrogen and oxygen atoms in total. The third-order valence-electron chi connectivity index (χ3n) is 5.84. The van der Waals surface area contributed by atoms with Crippen LogP contribution >= 0.6 is 0 Å². The summed E-state index contributed by atoms with van der Waals surface area (Å²) < 4.78 is 0. The second kappa shape index (κ2) is 6.80. The number of fused-ring (bicyclic) bond motifs is 2. The van der Waals surface area contributed by atoms with Crippen molar-refractivity contribution in [1.29, 1.82) is 0 Å². The second-order valence-electron chi connectivity index (χ2n) is 7.40. The molecule has 2 aliphatic carbocycles. The van der Waals surface area contributed by atoms with Gasteiger partial charge >= 0.3 is 0 Å². The van der Waals surface area contributed by atoms with Crippen molar-refractivity contribution in [1.82, 2.24) is 5.32 Å². The summed E-state index contributed by atoms with van der Waals surface area (Å²) in [6.07, 6.45) is 7.04. The molecule has 0 spiro atoms. The van der Waals surface area contributed by atoms with Crippen molar-refractivity contribution in [2.75, 3.05) is 0 Å². The number of hydrogen-bond acceptors (Lipinski definition) is 1. The van der Waals surface area contributed by atoms with Gasteiger partial charge in [0.25, 0.3) is 5.91 Å². The minimum Gasteiger partial charge on any atom is -0.349 e. The molecule has 2 aromatic carbocycles. The molecular weight excluding hydrogens is 294 g/mol. The predicted octanol–water partition coefficient (Wildman–Crippen LogP) is 4.39. The van der Waals surface area contributed by atoms with Crippen molar-refractivity contribution in [3.05, 3.63) is 71.3 Å². The highest BCUT2D eigenvalue weighted by atomic mass is 16.1. The maximum absolute atomic E-state index is 12.8. The number of aryl methyl sites for hydroxylation is 2. The van der Waals surface area contributed by atoms with Crippen LogP contribution in [-0.2, 0) is 12.8 Å². The number of carbonyl (C=O) groups excluding carboxylic acids is 1. The third kappa shape index (κ3) is 3.24. The van der Waals surface area contributed by atoms with Gasteiger partial charge in [-0.25, -0.2) is 0 Å². The van der Waals surface area contributed by atoms with E-state index in [2.05, 4.69) is 35.6 Å². The summed E-state index contributed by atoms with van der Waals surface area (Å²) in [4.78, 5) is 12.8. The Morgan fingerprint density at radius 1 is 0.917 bits per heavy atom. The van der Waals surface area contributed by atoms with E-state index in [9.17, 15) is 4.79 Å². The maximum atomic E-state index is 12.8. The number of benzene rings is 2. The van der Waals surface area contributed by atoms with Crippen LogP contribution in [0, 0.1) is 11.8 Å². The summed E-state index contributed by atoms with van der Waals surface area (Å²) in [6.45, 7) is 0. The lowest BCUT2D eigenvalue weighted by atomic mass is 9.94. The average molecular weight is 319 g/mol. The van der Waals surface area contributed by atoms with Gasteiger partial charge in [0.05, 0.1) is 0 Å². The molecule has 3 atom stereocenters. The highest BCUT2D eigenvalue weighted by Crippen LogP contribution is 2.44. The Labute approximate surface area is 144 Å². The number of amides is 1. The average Bonchev–Trinajstić information content (AvgIpc) is 3.24. The summed E-state index contributed by atoms with van der Waals surface area (Å²) >= 11 is 0. The zero-order chi connectivity index (χ0) is 16.4. The number of nitrogens with one attached hydrogen (secondary N) is 1. The standard InChI is InChI=1S/C22H25NO/c24-22(23-21-15-17-11-13-19(21)14-17)20-9-5-4-8-18(20)12-10-16-6-2-1-3-7-16/h1-9,17,19,21H,10-15H2,(H,23,24)/t17-,19-,21-/m1/s1. The lowest BCUT2D eigenvalue weighted by Gasteiger charge is -2.23. The molecule has 1 N–H and O–H groups in total. The van der Waals surface area contributed by atoms with E-state index in [4.69, 9.17) is 0 Å². The summed E-state index contributed by atoms with van der Waals surface area (Å²) in [5.74, 6) is 1.69. The van der Waals surface area contributed by atoms with Gasteiger partial charge in [-0.15, -0.1) is 0 Å². The normalized spacial score (nSPS) is 24.9. The van der Waals surface area contributed by atoms with E-state index in [0.29, 0.717) is 6.04 Å². The molecule has 0 radical (unpaired) electrons. The van der Waals surface area contributed by atoms with Gasteiger partial charge in [-0.05, 0) is 61.1 Å². The molecule has 0 aliphatic heterocycles. The second-order valence-corrected chi connectivity index (χ2v) is 7.40. The SMILES string of the molecule is O=C(N[C@@H]1C[C@@H]2CC[C@@H]1C2)c1ccccc1CCc1ccccc1. The van der Waals surface area contributed by atoms with Gasteiger partial charge in [0.1, 0.15) is 0 Å². The topological polar surface area (TPSA) is 29.1 Å². The minimum atomic E-state index is 0.121. The van der Waals surface area contributed by atoms with Crippen LogP contribution in [0.3, 0.4) is 0 Å². The molecule has 2 fully saturated rings. The first-order chi connectivity index (χ1) is 11.8. The van der Waals surface area contributed by atoms with E-state index < -0.39 is 0 Å². The summed E-state index contributed by atoms with van der Waals surface area (Å²) in [6, 6.07) is 19.0. The lowest BCUT2D eigenvalue weighted by Crippen LogP contribution is -2.38. The molecule has 4 rings (SSSR count). The summed E-state index contributed by atoms with van der Waals surface area (Å²) in [7, 11) is 0. The Morgan fingerprint density at radius 3 is 2.46 bits per heavy atom. The lowest BCUT2D eigenvalue weighted by molar-refractivity contribution is 0.0922. The van der Waals surface area contributed by atoms with Crippen LogP contribution in [0.4, 0.5) is 0 Å². The van der Waals surface area contributed by atoms with E-state index in [1.165, 1.54) is 31.2 Å². The quantitative estimate of drug-likeness (QED) is 0.870. The molecule has 2 heteroatoms. The molecule has 0 heterocycles. The zero-order valence-corrected chi connectivity index (χ0v) is 14.1. The zero-order valence-electron chi connectivity index (χ0n) is 14.1. The van der Waals surface area contributed by atoms with Gasteiger partial charge in [-0.3, -0.25) is 4.79 Å². The molecule has 2 aliphatic rings. The van der Waals surface area contributed by atoms with Gasteiger partial charge in [0.15, 0.2) is 0 Å². The highest BCUT2D eigenvalue weighted by Gasteiger charge is 2.40. The van der Waals surface area contributed by atoms with E-state index in [1.807, 2.05) is 24.3 Å². The van der Waals surface area contributed by atoms with Crippen molar-refractivity contribution < 1.29 is 4.79 Å². The Balaban J connectivity index is 1.44. The number of hydrogen-bond donors (Lipinski definition) is 1. The first kappa shape index (κ1) is 15.4. The van der Waals surface area contributed by atoms with E-state index >= 15 is 0 Å². The number of rotatable bonds is 5. The maximum Gasteiger partial charge on any atom is 0.251 e. The summed E-state index contributed by atoms with van der Waals surface area (Å²) in [5, 5.41) is 3.33. The van der Waals surface area contributed by atoms with Crippen LogP contribution < -0.4 is 5.32 Å². The van der Waals surface area contributed by atoms with Crippen LogP contribution in [0.5, 0.6) is 0 Å². The highest BCUT2D eigenvalue weighted by molar-refractivity contribution is 5.95. The monoisotopic (exact) mass is 319 g/mol. The van der Waals surface area contributed by atoms with Crippen LogP contribution in [-0.4, -0.2) is 11.9 Å². The largest absolute Gasteiger partial charge is 0.349 e. The molecule has 1 amide bonds. The van der Waals surface area contributed by atoms with Crippen molar-refractivity contribution in [2.24, 2.45) is 11.8 Å². The molecule has 2 saturated carbocycles. The Bertz CT molecular complexity index is 709. The van der Waals surface area contributed by atoms with Gasteiger partial charge in [-0.1, -0.05) is 55.0 Å². The molecule has 0 saturated heterocycles. The molecule has 124 valence electrons. The molecule has 2 aromatic rings. The predicted molar refractivity (Wildman–Crippen MR) is 97.0 cm³/mol. The van der Waals surface area contributed by atoms with E-state index in [-0.39, 0.29) is 5.91 Å². The fourth-order valence-corrected chi connectivity index (χ4v) is 4.55. The molecule has 24 heavy (non-hydrogen) atoms. The Morgan fingerprint density at radius 2 is 1.71 bits per heavy atom. The minimum absolute atomic E-state index is 0.121. The van der Waals surface area contributed by atoms with Crippen LogP contribution in [0.2, 0.25) is 0 Å². The van der Waals surface area contributed by atoms with Crippen molar-refractivity contribution in [3.63, 3.8) is 0 Å². The van der Waals surface area contributed by atoms with Crippen LogP contribution in [0.15, 0.2) is 54.6 Å². The first-order valence-electron chi connectivity index (χ1n) is 9.22. The Kier molecular flexibility index (Phi) is 4.38. The Hall–Kier alpha value is -2.09. The fourth-order valence-electron chi connectivity index (χ4n) is 4.55. The smallest absolute Gasteiger partial charge is 0.251 e. The van der Waals surface area contributed by atoms with Crippen LogP contribution in [0.25, 0.3) is 0 Å².